The highest BCUT2D eigenvalue weighted by Gasteiger charge is 2.30. The Labute approximate surface area is 116 Å². The zero-order valence-corrected chi connectivity index (χ0v) is 12.4. The first-order valence-corrected chi connectivity index (χ1v) is 7.35. The highest BCUT2D eigenvalue weighted by atomic mass is 16.5. The second-order valence-corrected chi connectivity index (χ2v) is 5.68. The molecule has 0 amide bonds. The summed E-state index contributed by atoms with van der Waals surface area (Å²) in [4.78, 5) is 8.91. The lowest BCUT2D eigenvalue weighted by Crippen LogP contribution is -2.25. The van der Waals surface area contributed by atoms with Crippen molar-refractivity contribution in [3.8, 4) is 5.88 Å². The van der Waals surface area contributed by atoms with Crippen LogP contribution in [0.4, 0.5) is 5.95 Å². The van der Waals surface area contributed by atoms with Gasteiger partial charge in [-0.3, -0.25) is 0 Å². The Morgan fingerprint density at radius 1 is 1.32 bits per heavy atom. The van der Waals surface area contributed by atoms with Crippen molar-refractivity contribution in [2.24, 2.45) is 11.8 Å². The van der Waals surface area contributed by atoms with Crippen LogP contribution in [-0.2, 0) is 0 Å². The number of aryl methyl sites for hydroxylation is 1. The van der Waals surface area contributed by atoms with E-state index in [0.717, 1.165) is 18.0 Å². The molecule has 3 unspecified atom stereocenters. The van der Waals surface area contributed by atoms with Crippen LogP contribution in [-0.4, -0.2) is 22.6 Å². The summed E-state index contributed by atoms with van der Waals surface area (Å²) in [5, 5.41) is 3.48. The van der Waals surface area contributed by atoms with Gasteiger partial charge in [0.1, 0.15) is 0 Å². The molecule has 2 rings (SSSR count). The second-order valence-electron chi connectivity index (χ2n) is 5.68. The number of nitrogens with one attached hydrogen (secondary N) is 1. The molecule has 1 aromatic rings. The van der Waals surface area contributed by atoms with E-state index in [2.05, 4.69) is 36.1 Å². The van der Waals surface area contributed by atoms with Gasteiger partial charge in [0.15, 0.2) is 0 Å². The molecule has 3 atom stereocenters. The molecule has 1 saturated carbocycles. The van der Waals surface area contributed by atoms with E-state index in [1.54, 1.807) is 0 Å². The molecule has 4 heteroatoms. The molecule has 1 aliphatic carbocycles. The van der Waals surface area contributed by atoms with Gasteiger partial charge in [-0.2, -0.15) is 4.98 Å². The monoisotopic (exact) mass is 263 g/mol. The van der Waals surface area contributed by atoms with E-state index >= 15 is 0 Å². The summed E-state index contributed by atoms with van der Waals surface area (Å²) in [6, 6.07) is 2.37. The van der Waals surface area contributed by atoms with Crippen LogP contribution in [0.25, 0.3) is 0 Å². The van der Waals surface area contributed by atoms with Crippen LogP contribution in [0.2, 0.25) is 0 Å². The van der Waals surface area contributed by atoms with Crippen LogP contribution < -0.4 is 10.1 Å². The third-order valence-electron chi connectivity index (χ3n) is 4.06. The Kier molecular flexibility index (Phi) is 4.61. The van der Waals surface area contributed by atoms with Gasteiger partial charge in [0.2, 0.25) is 11.8 Å². The van der Waals surface area contributed by atoms with Crippen LogP contribution in [0.5, 0.6) is 5.88 Å². The van der Waals surface area contributed by atoms with E-state index in [4.69, 9.17) is 4.74 Å². The molecule has 0 radical (unpaired) electrons. The van der Waals surface area contributed by atoms with E-state index in [1.807, 2.05) is 13.0 Å². The fourth-order valence-electron chi connectivity index (χ4n) is 2.62. The Morgan fingerprint density at radius 3 is 2.74 bits per heavy atom. The molecule has 0 saturated heterocycles. The van der Waals surface area contributed by atoms with Crippen molar-refractivity contribution in [3.05, 3.63) is 11.8 Å². The van der Waals surface area contributed by atoms with Gasteiger partial charge in [0.25, 0.3) is 0 Å². The third kappa shape index (κ3) is 3.58. The van der Waals surface area contributed by atoms with Crippen LogP contribution in [0.1, 0.15) is 45.7 Å². The van der Waals surface area contributed by atoms with E-state index in [-0.39, 0.29) is 0 Å². The van der Waals surface area contributed by atoms with Crippen LogP contribution in [0.3, 0.4) is 0 Å². The average Bonchev–Trinajstić information content (AvgIpc) is 2.68. The largest absolute Gasteiger partial charge is 0.478 e. The van der Waals surface area contributed by atoms with Crippen LogP contribution in [0.15, 0.2) is 6.07 Å². The zero-order valence-electron chi connectivity index (χ0n) is 12.4. The van der Waals surface area contributed by atoms with Gasteiger partial charge in [-0.1, -0.05) is 20.8 Å². The van der Waals surface area contributed by atoms with Crippen molar-refractivity contribution in [1.29, 1.82) is 0 Å². The first-order valence-electron chi connectivity index (χ1n) is 7.35. The molecule has 0 aliphatic heterocycles. The molecule has 1 N–H and O–H groups in total. The maximum Gasteiger partial charge on any atom is 0.226 e. The number of rotatable bonds is 5. The molecule has 19 heavy (non-hydrogen) atoms. The number of nitrogens with zero attached hydrogens (tertiary/aromatic N) is 2. The molecule has 1 heterocycles. The van der Waals surface area contributed by atoms with Gasteiger partial charge in [-0.05, 0) is 38.0 Å². The Hall–Kier alpha value is -1.32. The fraction of sp³-hybridized carbons (Fsp3) is 0.733. The quantitative estimate of drug-likeness (QED) is 0.884. The van der Waals surface area contributed by atoms with Crippen LogP contribution >= 0.6 is 0 Å². The minimum absolute atomic E-state index is 0.482. The summed E-state index contributed by atoms with van der Waals surface area (Å²) >= 11 is 0. The van der Waals surface area contributed by atoms with Crippen molar-refractivity contribution < 1.29 is 4.74 Å². The summed E-state index contributed by atoms with van der Waals surface area (Å²) in [6.07, 6.45) is 3.47. The smallest absolute Gasteiger partial charge is 0.226 e. The van der Waals surface area contributed by atoms with E-state index in [0.29, 0.717) is 30.4 Å². The lowest BCUT2D eigenvalue weighted by atomic mass is 9.98. The number of aromatic nitrogens is 2. The Balaban J connectivity index is 2.05. The normalized spacial score (nSPS) is 26.4. The minimum atomic E-state index is 0.482. The summed E-state index contributed by atoms with van der Waals surface area (Å²) in [6.45, 7) is 9.40. The maximum atomic E-state index is 5.60. The Bertz CT molecular complexity index is 422. The Morgan fingerprint density at radius 2 is 2.11 bits per heavy atom. The van der Waals surface area contributed by atoms with Crippen molar-refractivity contribution in [2.45, 2.75) is 53.0 Å². The summed E-state index contributed by atoms with van der Waals surface area (Å²) in [7, 11) is 0. The average molecular weight is 263 g/mol. The number of hydrogen-bond acceptors (Lipinski definition) is 4. The lowest BCUT2D eigenvalue weighted by molar-refractivity contribution is 0.304. The predicted molar refractivity (Wildman–Crippen MR) is 77.5 cm³/mol. The van der Waals surface area contributed by atoms with Gasteiger partial charge in [-0.25, -0.2) is 4.98 Å². The first kappa shape index (κ1) is 14.1. The molecular weight excluding hydrogens is 238 g/mol. The number of hydrogen-bond donors (Lipinski definition) is 1. The molecule has 0 aromatic carbocycles. The highest BCUT2D eigenvalue weighted by Crippen LogP contribution is 2.32. The minimum Gasteiger partial charge on any atom is -0.478 e. The number of ether oxygens (including phenoxy) is 1. The molecule has 0 bridgehead atoms. The van der Waals surface area contributed by atoms with Gasteiger partial charge in [-0.15, -0.1) is 0 Å². The summed E-state index contributed by atoms with van der Waals surface area (Å²) in [5.41, 5.74) is 0.947. The SMILES string of the molecule is CCCOc1cc(C)nc(NC2CCC(C)C2C)n1. The van der Waals surface area contributed by atoms with Crippen molar-refractivity contribution in [3.63, 3.8) is 0 Å². The molecule has 1 fully saturated rings. The first-order chi connectivity index (χ1) is 9.10. The summed E-state index contributed by atoms with van der Waals surface area (Å²) in [5.74, 6) is 2.83. The van der Waals surface area contributed by atoms with E-state index in [9.17, 15) is 0 Å². The van der Waals surface area contributed by atoms with E-state index < -0.39 is 0 Å². The third-order valence-corrected chi connectivity index (χ3v) is 4.06. The molecular formula is C15H25N3O. The maximum absolute atomic E-state index is 5.60. The molecule has 106 valence electrons. The van der Waals surface area contributed by atoms with Gasteiger partial charge < -0.3 is 10.1 Å². The molecule has 1 aromatic heterocycles. The molecule has 4 nitrogen and oxygen atoms in total. The van der Waals surface area contributed by atoms with Crippen molar-refractivity contribution >= 4 is 5.95 Å². The lowest BCUT2D eigenvalue weighted by Gasteiger charge is -2.20. The van der Waals surface area contributed by atoms with Gasteiger partial charge in [0.05, 0.1) is 6.61 Å². The second kappa shape index (κ2) is 6.22. The standard InChI is InChI=1S/C15H25N3O/c1-5-8-19-14-9-11(3)16-15(18-14)17-13-7-6-10(2)12(13)4/h9-10,12-13H,5-8H2,1-4H3,(H,16,17,18). The number of anilines is 1. The van der Waals surface area contributed by atoms with Gasteiger partial charge in [0, 0.05) is 17.8 Å². The van der Waals surface area contributed by atoms with Crippen molar-refractivity contribution in [2.75, 3.05) is 11.9 Å². The highest BCUT2D eigenvalue weighted by molar-refractivity contribution is 5.32. The van der Waals surface area contributed by atoms with E-state index in [1.165, 1.54) is 12.8 Å². The van der Waals surface area contributed by atoms with Gasteiger partial charge >= 0.3 is 0 Å². The molecule has 0 spiro atoms. The zero-order chi connectivity index (χ0) is 13.8. The fourth-order valence-corrected chi connectivity index (χ4v) is 2.62. The molecule has 1 aliphatic rings. The summed E-state index contributed by atoms with van der Waals surface area (Å²) < 4.78 is 5.60. The predicted octanol–water partition coefficient (Wildman–Crippen LogP) is 3.42. The topological polar surface area (TPSA) is 47.0 Å². The van der Waals surface area contributed by atoms with Crippen LogP contribution in [0, 0.1) is 18.8 Å². The van der Waals surface area contributed by atoms with Crippen molar-refractivity contribution in [1.82, 2.24) is 9.97 Å².